The molecule has 2 rings (SSSR count). The number of aromatic amines is 1. The number of aromatic nitrogens is 3. The predicted octanol–water partition coefficient (Wildman–Crippen LogP) is -0.126. The molecule has 0 saturated heterocycles. The maximum absolute atomic E-state index is 11.8. The molecular weight excluding hydrogens is 270 g/mol. The van der Waals surface area contributed by atoms with E-state index in [1.165, 1.54) is 17.9 Å². The summed E-state index contributed by atoms with van der Waals surface area (Å²) in [6.45, 7) is 0. The topological polar surface area (TPSA) is 134 Å². The van der Waals surface area contributed by atoms with Gasteiger partial charge in [0.2, 0.25) is 0 Å². The average molecular weight is 281 g/mol. The van der Waals surface area contributed by atoms with Gasteiger partial charge >= 0.3 is 5.97 Å². The van der Waals surface area contributed by atoms with Gasteiger partial charge in [-0.25, -0.2) is 14.8 Å². The van der Waals surface area contributed by atoms with Crippen LogP contribution in [0.25, 0.3) is 0 Å². The van der Waals surface area contributed by atoms with E-state index in [2.05, 4.69) is 20.3 Å². The molecule has 0 saturated carbocycles. The molecule has 0 bridgehead atoms. The van der Waals surface area contributed by atoms with Crippen molar-refractivity contribution in [3.63, 3.8) is 0 Å². The zero-order valence-electron chi connectivity index (χ0n) is 9.66. The summed E-state index contributed by atoms with van der Waals surface area (Å²) in [6, 6.07) is -1.06. The molecule has 1 amide bonds. The fraction of sp³-hybridized carbons (Fsp3) is 0.200. The number of carboxylic acids is 1. The van der Waals surface area contributed by atoms with Crippen LogP contribution in [0.1, 0.15) is 16.2 Å². The number of nitrogens with two attached hydrogens (primary N) is 1. The van der Waals surface area contributed by atoms with Crippen LogP contribution < -0.4 is 11.1 Å². The van der Waals surface area contributed by atoms with Crippen molar-refractivity contribution in [3.05, 3.63) is 29.3 Å². The van der Waals surface area contributed by atoms with Crippen LogP contribution in [-0.4, -0.2) is 38.0 Å². The van der Waals surface area contributed by atoms with Gasteiger partial charge in [-0.3, -0.25) is 4.79 Å². The molecule has 1 unspecified atom stereocenters. The first kappa shape index (κ1) is 13.0. The van der Waals surface area contributed by atoms with E-state index in [1.807, 2.05) is 0 Å². The van der Waals surface area contributed by atoms with Crippen molar-refractivity contribution < 1.29 is 14.7 Å². The number of aliphatic carboxylic acids is 1. The first-order valence-electron chi connectivity index (χ1n) is 5.28. The second kappa shape index (κ2) is 5.48. The molecule has 8 nitrogen and oxygen atoms in total. The van der Waals surface area contributed by atoms with Gasteiger partial charge in [-0.2, -0.15) is 0 Å². The summed E-state index contributed by atoms with van der Waals surface area (Å²) in [5.74, 6) is -1.70. The van der Waals surface area contributed by atoms with Gasteiger partial charge in [0, 0.05) is 23.7 Å². The zero-order valence-corrected chi connectivity index (χ0v) is 10.5. The number of H-pyrrole nitrogens is 1. The number of nitrogen functional groups attached to an aromatic ring is 1. The lowest BCUT2D eigenvalue weighted by molar-refractivity contribution is -0.139. The number of hydrogen-bond acceptors (Lipinski definition) is 6. The number of imidazole rings is 1. The summed E-state index contributed by atoms with van der Waals surface area (Å²) in [5.41, 5.74) is 6.14. The van der Waals surface area contributed by atoms with E-state index < -0.39 is 17.9 Å². The molecule has 0 spiro atoms. The van der Waals surface area contributed by atoms with Gasteiger partial charge in [-0.15, -0.1) is 11.3 Å². The van der Waals surface area contributed by atoms with Gasteiger partial charge in [0.05, 0.1) is 6.33 Å². The monoisotopic (exact) mass is 281 g/mol. The van der Waals surface area contributed by atoms with E-state index in [-0.39, 0.29) is 17.2 Å². The molecule has 2 aromatic heterocycles. The summed E-state index contributed by atoms with van der Waals surface area (Å²) in [6.07, 6.45) is 3.06. The third-order valence-electron chi connectivity index (χ3n) is 2.34. The van der Waals surface area contributed by atoms with E-state index in [0.29, 0.717) is 5.69 Å². The largest absolute Gasteiger partial charge is 0.480 e. The van der Waals surface area contributed by atoms with Crippen molar-refractivity contribution >= 4 is 28.3 Å². The molecule has 2 aromatic rings. The Morgan fingerprint density at radius 2 is 2.37 bits per heavy atom. The van der Waals surface area contributed by atoms with Gasteiger partial charge in [-0.1, -0.05) is 0 Å². The number of carbonyl (C=O) groups excluding carboxylic acids is 1. The van der Waals surface area contributed by atoms with Crippen molar-refractivity contribution in [1.29, 1.82) is 0 Å². The number of anilines is 1. The molecule has 5 N–H and O–H groups in total. The SMILES string of the molecule is Nc1nc(C(=O)NC(Cc2cnc[nH]2)C(=O)O)cs1. The Bertz CT molecular complexity index is 580. The van der Waals surface area contributed by atoms with Crippen molar-refractivity contribution in [1.82, 2.24) is 20.3 Å². The van der Waals surface area contributed by atoms with E-state index in [0.717, 1.165) is 11.3 Å². The Morgan fingerprint density at radius 1 is 1.58 bits per heavy atom. The lowest BCUT2D eigenvalue weighted by Crippen LogP contribution is -2.42. The smallest absolute Gasteiger partial charge is 0.326 e. The Morgan fingerprint density at radius 3 is 2.89 bits per heavy atom. The van der Waals surface area contributed by atoms with Gasteiger partial charge in [0.15, 0.2) is 5.13 Å². The van der Waals surface area contributed by atoms with Gasteiger partial charge < -0.3 is 21.1 Å². The van der Waals surface area contributed by atoms with Crippen LogP contribution in [0.4, 0.5) is 5.13 Å². The van der Waals surface area contributed by atoms with Crippen LogP contribution in [0.15, 0.2) is 17.9 Å². The third-order valence-corrected chi connectivity index (χ3v) is 3.01. The number of nitrogens with one attached hydrogen (secondary N) is 2. The summed E-state index contributed by atoms with van der Waals surface area (Å²) >= 11 is 1.12. The Labute approximate surface area is 111 Å². The quantitative estimate of drug-likeness (QED) is 0.603. The maximum Gasteiger partial charge on any atom is 0.326 e. The molecule has 19 heavy (non-hydrogen) atoms. The molecule has 1 atom stereocenters. The van der Waals surface area contributed by atoms with Crippen LogP contribution in [-0.2, 0) is 11.2 Å². The molecule has 0 aliphatic heterocycles. The van der Waals surface area contributed by atoms with Crippen LogP contribution in [0.3, 0.4) is 0 Å². The van der Waals surface area contributed by atoms with Gasteiger partial charge in [0.25, 0.3) is 5.91 Å². The highest BCUT2D eigenvalue weighted by Crippen LogP contribution is 2.11. The number of thiazole rings is 1. The standard InChI is InChI=1S/C10H11N5O3S/c11-10-15-7(3-19-10)8(16)14-6(9(17)18)1-5-2-12-4-13-5/h2-4,6H,1H2,(H2,11,15)(H,12,13)(H,14,16)(H,17,18). The highest BCUT2D eigenvalue weighted by Gasteiger charge is 2.22. The molecular formula is C10H11N5O3S. The summed E-state index contributed by atoms with van der Waals surface area (Å²) in [7, 11) is 0. The molecule has 0 aromatic carbocycles. The second-order valence-corrected chi connectivity index (χ2v) is 4.61. The highest BCUT2D eigenvalue weighted by atomic mass is 32.1. The molecule has 0 aliphatic carbocycles. The summed E-state index contributed by atoms with van der Waals surface area (Å²) < 4.78 is 0. The number of hydrogen-bond donors (Lipinski definition) is 4. The molecule has 9 heteroatoms. The normalized spacial score (nSPS) is 12.0. The number of amides is 1. The first-order valence-corrected chi connectivity index (χ1v) is 6.16. The van der Waals surface area contributed by atoms with Crippen molar-refractivity contribution in [3.8, 4) is 0 Å². The van der Waals surface area contributed by atoms with Crippen molar-refractivity contribution in [2.75, 3.05) is 5.73 Å². The van der Waals surface area contributed by atoms with Crippen LogP contribution in [0.2, 0.25) is 0 Å². The highest BCUT2D eigenvalue weighted by molar-refractivity contribution is 7.13. The van der Waals surface area contributed by atoms with Gasteiger partial charge in [0.1, 0.15) is 11.7 Å². The fourth-order valence-corrected chi connectivity index (χ4v) is 1.98. The minimum Gasteiger partial charge on any atom is -0.480 e. The van der Waals surface area contributed by atoms with Gasteiger partial charge in [-0.05, 0) is 0 Å². The summed E-state index contributed by atoms with van der Waals surface area (Å²) in [4.78, 5) is 33.3. The minimum atomic E-state index is -1.13. The Balaban J connectivity index is 2.04. The average Bonchev–Trinajstić information content (AvgIpc) is 2.99. The second-order valence-electron chi connectivity index (χ2n) is 3.72. The van der Waals surface area contributed by atoms with E-state index in [4.69, 9.17) is 10.8 Å². The Hall–Kier alpha value is -2.42. The van der Waals surface area contributed by atoms with E-state index in [9.17, 15) is 9.59 Å². The minimum absolute atomic E-state index is 0.110. The molecule has 100 valence electrons. The van der Waals surface area contributed by atoms with E-state index in [1.54, 1.807) is 0 Å². The number of nitrogens with zero attached hydrogens (tertiary/aromatic N) is 2. The maximum atomic E-state index is 11.8. The van der Waals surface area contributed by atoms with Crippen LogP contribution in [0, 0.1) is 0 Å². The number of rotatable bonds is 5. The number of carboxylic acid groups (broad SMARTS) is 1. The first-order chi connectivity index (χ1) is 9.06. The van der Waals surface area contributed by atoms with Crippen molar-refractivity contribution in [2.45, 2.75) is 12.5 Å². The molecule has 0 radical (unpaired) electrons. The third kappa shape index (κ3) is 3.28. The lowest BCUT2D eigenvalue weighted by atomic mass is 10.1. The summed E-state index contributed by atoms with van der Waals surface area (Å²) in [5, 5.41) is 13.2. The Kier molecular flexibility index (Phi) is 3.76. The van der Waals surface area contributed by atoms with Crippen LogP contribution >= 0.6 is 11.3 Å². The molecule has 0 fully saturated rings. The fourth-order valence-electron chi connectivity index (χ4n) is 1.44. The van der Waals surface area contributed by atoms with Crippen molar-refractivity contribution in [2.24, 2.45) is 0 Å². The van der Waals surface area contributed by atoms with Crippen LogP contribution in [0.5, 0.6) is 0 Å². The molecule has 0 aliphatic rings. The lowest BCUT2D eigenvalue weighted by Gasteiger charge is -2.12. The predicted molar refractivity (Wildman–Crippen MR) is 67.7 cm³/mol. The molecule has 2 heterocycles. The van der Waals surface area contributed by atoms with E-state index >= 15 is 0 Å². The number of carbonyl (C=O) groups is 2. The zero-order chi connectivity index (χ0) is 13.8.